The summed E-state index contributed by atoms with van der Waals surface area (Å²) in [7, 11) is 2.01. The highest BCUT2D eigenvalue weighted by Crippen LogP contribution is 2.26. The molecular weight excluding hydrogens is 402 g/mol. The number of benzene rings is 1. The van der Waals surface area contributed by atoms with E-state index in [1.54, 1.807) is 20.8 Å². The first kappa shape index (κ1) is 21.8. The van der Waals surface area contributed by atoms with Crippen LogP contribution >= 0.6 is 11.8 Å². The molecule has 0 saturated heterocycles. The van der Waals surface area contributed by atoms with E-state index in [4.69, 9.17) is 9.47 Å². The van der Waals surface area contributed by atoms with Gasteiger partial charge in [-0.05, 0) is 38.3 Å². The number of thioether (sulfide) groups is 1. The molecule has 0 saturated carbocycles. The smallest absolute Gasteiger partial charge is 0.342 e. The number of aryl methyl sites for hydroxylation is 2. The molecule has 0 atom stereocenters. The predicted octanol–water partition coefficient (Wildman–Crippen LogP) is 3.70. The van der Waals surface area contributed by atoms with Gasteiger partial charge in [0.25, 0.3) is 0 Å². The third kappa shape index (κ3) is 4.81. The van der Waals surface area contributed by atoms with Crippen LogP contribution in [-0.4, -0.2) is 45.4 Å². The summed E-state index contributed by atoms with van der Waals surface area (Å²) < 4.78 is 12.3. The molecule has 0 bridgehead atoms. The summed E-state index contributed by atoms with van der Waals surface area (Å²) in [6, 6.07) is 10.2. The van der Waals surface area contributed by atoms with Crippen molar-refractivity contribution in [3.05, 3.63) is 53.1 Å². The number of hydrogen-bond donors (Lipinski definition) is 0. The first-order valence-corrected chi connectivity index (χ1v) is 10.8. The first-order valence-electron chi connectivity index (χ1n) is 9.81. The van der Waals surface area contributed by atoms with Gasteiger partial charge in [-0.15, -0.1) is 0 Å². The average Bonchev–Trinajstić information content (AvgIpc) is 3.02. The maximum atomic E-state index is 12.5. The molecule has 3 rings (SSSR count). The van der Waals surface area contributed by atoms with Crippen molar-refractivity contribution >= 4 is 34.6 Å². The van der Waals surface area contributed by atoms with Crippen LogP contribution in [0.4, 0.5) is 0 Å². The Bertz CT molecular complexity index is 1080. The Balaban J connectivity index is 1.95. The molecule has 0 unspecified atom stereocenters. The zero-order chi connectivity index (χ0) is 21.7. The second kappa shape index (κ2) is 9.75. The largest absolute Gasteiger partial charge is 0.465 e. The molecule has 0 aliphatic carbocycles. The Kier molecular flexibility index (Phi) is 7.10. The maximum Gasteiger partial charge on any atom is 0.342 e. The van der Waals surface area contributed by atoms with Gasteiger partial charge >= 0.3 is 11.9 Å². The molecular formula is C22H25N3O4S. The lowest BCUT2D eigenvalue weighted by molar-refractivity contribution is -0.139. The highest BCUT2D eigenvalue weighted by Gasteiger charge is 2.22. The standard InChI is InChI=1S/C22H25N3O4S/c1-5-28-19(26)13-30-21-20(22(27)29-6-2)14(3)23-18(24-21)12-16-11-15-9-7-8-10-17(15)25(16)4/h7-11H,5-6,12-13H2,1-4H3. The summed E-state index contributed by atoms with van der Waals surface area (Å²) in [5, 5.41) is 1.58. The summed E-state index contributed by atoms with van der Waals surface area (Å²) >= 11 is 1.16. The molecule has 8 heteroatoms. The van der Waals surface area contributed by atoms with Crippen LogP contribution in [0.1, 0.15) is 41.4 Å². The van der Waals surface area contributed by atoms with Crippen molar-refractivity contribution in [1.82, 2.24) is 14.5 Å². The van der Waals surface area contributed by atoms with Crippen LogP contribution in [0.5, 0.6) is 0 Å². The Labute approximate surface area is 179 Å². The van der Waals surface area contributed by atoms with E-state index in [1.807, 2.05) is 19.2 Å². The fourth-order valence-electron chi connectivity index (χ4n) is 3.23. The average molecular weight is 428 g/mol. The summed E-state index contributed by atoms with van der Waals surface area (Å²) in [6.45, 7) is 5.81. The number of esters is 2. The van der Waals surface area contributed by atoms with Crippen LogP contribution < -0.4 is 0 Å². The molecule has 2 heterocycles. The van der Waals surface area contributed by atoms with Gasteiger partial charge in [-0.1, -0.05) is 30.0 Å². The first-order chi connectivity index (χ1) is 14.4. The lowest BCUT2D eigenvalue weighted by atomic mass is 10.2. The second-order valence-electron chi connectivity index (χ2n) is 6.65. The van der Waals surface area contributed by atoms with E-state index in [-0.39, 0.29) is 18.3 Å². The fourth-order valence-corrected chi connectivity index (χ4v) is 4.11. The Hall–Kier alpha value is -2.87. The van der Waals surface area contributed by atoms with Gasteiger partial charge in [-0.25, -0.2) is 14.8 Å². The van der Waals surface area contributed by atoms with Crippen molar-refractivity contribution in [2.75, 3.05) is 19.0 Å². The molecule has 7 nitrogen and oxygen atoms in total. The normalized spacial score (nSPS) is 10.9. The number of aromatic nitrogens is 3. The number of ether oxygens (including phenoxy) is 2. The van der Waals surface area contributed by atoms with Crippen LogP contribution in [0.3, 0.4) is 0 Å². The Morgan fingerprint density at radius 1 is 1.10 bits per heavy atom. The lowest BCUT2D eigenvalue weighted by Gasteiger charge is -2.12. The lowest BCUT2D eigenvalue weighted by Crippen LogP contribution is -2.15. The minimum atomic E-state index is -0.488. The van der Waals surface area contributed by atoms with Crippen molar-refractivity contribution < 1.29 is 19.1 Å². The van der Waals surface area contributed by atoms with Crippen molar-refractivity contribution in [2.24, 2.45) is 7.05 Å². The minimum Gasteiger partial charge on any atom is -0.465 e. The van der Waals surface area contributed by atoms with Gasteiger partial charge in [0.1, 0.15) is 16.4 Å². The summed E-state index contributed by atoms with van der Waals surface area (Å²) in [5.41, 5.74) is 3.01. The van der Waals surface area contributed by atoms with Crippen LogP contribution in [0.15, 0.2) is 35.4 Å². The van der Waals surface area contributed by atoms with E-state index in [1.165, 1.54) is 0 Å². The van der Waals surface area contributed by atoms with Gasteiger partial charge in [0, 0.05) is 24.7 Å². The molecule has 3 aromatic rings. The molecule has 0 amide bonds. The zero-order valence-electron chi connectivity index (χ0n) is 17.6. The van der Waals surface area contributed by atoms with Gasteiger partial charge in [-0.3, -0.25) is 4.79 Å². The van der Waals surface area contributed by atoms with Gasteiger partial charge in [0.05, 0.1) is 24.7 Å². The van der Waals surface area contributed by atoms with E-state index in [9.17, 15) is 9.59 Å². The number of carbonyl (C=O) groups excluding carboxylic acids is 2. The van der Waals surface area contributed by atoms with E-state index in [2.05, 4.69) is 32.7 Å². The van der Waals surface area contributed by atoms with Crippen LogP contribution in [-0.2, 0) is 27.7 Å². The Morgan fingerprint density at radius 2 is 1.83 bits per heavy atom. The molecule has 0 aliphatic heterocycles. The summed E-state index contributed by atoms with van der Waals surface area (Å²) in [6.07, 6.45) is 0.502. The SMILES string of the molecule is CCOC(=O)CSc1nc(Cc2cc3ccccc3n2C)nc(C)c1C(=O)OCC. The minimum absolute atomic E-state index is 0.0597. The van der Waals surface area contributed by atoms with Gasteiger partial charge < -0.3 is 14.0 Å². The van der Waals surface area contributed by atoms with Crippen LogP contribution in [0.2, 0.25) is 0 Å². The number of rotatable bonds is 8. The highest BCUT2D eigenvalue weighted by molar-refractivity contribution is 8.00. The highest BCUT2D eigenvalue weighted by atomic mass is 32.2. The molecule has 158 valence electrons. The molecule has 0 fully saturated rings. The molecule has 1 aromatic carbocycles. The third-order valence-electron chi connectivity index (χ3n) is 4.60. The quantitative estimate of drug-likeness (QED) is 0.308. The van der Waals surface area contributed by atoms with Gasteiger partial charge in [-0.2, -0.15) is 0 Å². The van der Waals surface area contributed by atoms with E-state index < -0.39 is 5.97 Å². The Morgan fingerprint density at radius 3 is 2.53 bits per heavy atom. The molecule has 0 aliphatic rings. The molecule has 0 radical (unpaired) electrons. The predicted molar refractivity (Wildman–Crippen MR) is 116 cm³/mol. The monoisotopic (exact) mass is 427 g/mol. The number of hydrogen-bond acceptors (Lipinski definition) is 7. The van der Waals surface area contributed by atoms with E-state index in [0.717, 1.165) is 28.4 Å². The van der Waals surface area contributed by atoms with Crippen molar-refractivity contribution in [3.63, 3.8) is 0 Å². The fraction of sp³-hybridized carbons (Fsp3) is 0.364. The van der Waals surface area contributed by atoms with E-state index in [0.29, 0.717) is 35.1 Å². The molecule has 2 aromatic heterocycles. The number of fused-ring (bicyclic) bond motifs is 1. The third-order valence-corrected chi connectivity index (χ3v) is 5.55. The van der Waals surface area contributed by atoms with Crippen molar-refractivity contribution in [2.45, 2.75) is 32.2 Å². The summed E-state index contributed by atoms with van der Waals surface area (Å²) in [5.74, 6) is -0.205. The van der Waals surface area contributed by atoms with Crippen LogP contribution in [0.25, 0.3) is 10.9 Å². The van der Waals surface area contributed by atoms with Gasteiger partial charge in [0.2, 0.25) is 0 Å². The number of para-hydroxylation sites is 1. The zero-order valence-corrected chi connectivity index (χ0v) is 18.4. The topological polar surface area (TPSA) is 83.3 Å². The summed E-state index contributed by atoms with van der Waals surface area (Å²) in [4.78, 5) is 33.4. The number of carbonyl (C=O) groups is 2. The molecule has 0 N–H and O–H groups in total. The maximum absolute atomic E-state index is 12.5. The molecule has 30 heavy (non-hydrogen) atoms. The molecule has 0 spiro atoms. The van der Waals surface area contributed by atoms with E-state index >= 15 is 0 Å². The van der Waals surface area contributed by atoms with Crippen molar-refractivity contribution in [3.8, 4) is 0 Å². The van der Waals surface area contributed by atoms with Gasteiger partial charge in [0.15, 0.2) is 0 Å². The van der Waals surface area contributed by atoms with Crippen molar-refractivity contribution in [1.29, 1.82) is 0 Å². The second-order valence-corrected chi connectivity index (χ2v) is 7.61. The van der Waals surface area contributed by atoms with Crippen LogP contribution in [0, 0.1) is 6.92 Å². The number of nitrogens with zero attached hydrogens (tertiary/aromatic N) is 3.